The first kappa shape index (κ1) is 12.4. The molecule has 3 nitrogen and oxygen atoms in total. The summed E-state index contributed by atoms with van der Waals surface area (Å²) in [4.78, 5) is 2.48. The zero-order valence-electron chi connectivity index (χ0n) is 10.6. The molecular weight excluding hydrogens is 212 g/mol. The molecule has 0 spiro atoms. The molecule has 1 saturated heterocycles. The van der Waals surface area contributed by atoms with E-state index in [1.54, 1.807) is 0 Å². The fourth-order valence-corrected chi connectivity index (χ4v) is 2.51. The summed E-state index contributed by atoms with van der Waals surface area (Å²) in [6.45, 7) is 5.66. The minimum atomic E-state index is 0.561. The van der Waals surface area contributed by atoms with Crippen LogP contribution in [0.15, 0.2) is 24.3 Å². The molecule has 1 heterocycles. The minimum Gasteiger partial charge on any atom is -0.494 e. The summed E-state index contributed by atoms with van der Waals surface area (Å²) in [6, 6.07) is 8.93. The average molecular weight is 234 g/mol. The van der Waals surface area contributed by atoms with Crippen molar-refractivity contribution in [2.45, 2.75) is 32.4 Å². The number of nitrogens with two attached hydrogens (primary N) is 1. The summed E-state index contributed by atoms with van der Waals surface area (Å²) in [7, 11) is 0. The maximum absolute atomic E-state index is 5.79. The van der Waals surface area contributed by atoms with Gasteiger partial charge in [-0.05, 0) is 44.0 Å². The van der Waals surface area contributed by atoms with Crippen molar-refractivity contribution >= 4 is 0 Å². The van der Waals surface area contributed by atoms with Crippen LogP contribution in [-0.4, -0.2) is 30.6 Å². The highest BCUT2D eigenvalue weighted by Crippen LogP contribution is 2.21. The van der Waals surface area contributed by atoms with Crippen molar-refractivity contribution in [2.75, 3.05) is 19.7 Å². The van der Waals surface area contributed by atoms with Crippen molar-refractivity contribution in [3.8, 4) is 5.75 Å². The Labute approximate surface area is 104 Å². The highest BCUT2D eigenvalue weighted by Gasteiger charge is 2.22. The third kappa shape index (κ3) is 3.20. The SMILES string of the molecule is CCOc1cccc(CN2CCCC2CN)c1. The van der Waals surface area contributed by atoms with Gasteiger partial charge in [-0.3, -0.25) is 4.90 Å². The second kappa shape index (κ2) is 6.03. The molecule has 1 aromatic rings. The molecular formula is C14H22N2O. The van der Waals surface area contributed by atoms with Gasteiger partial charge in [-0.15, -0.1) is 0 Å². The number of ether oxygens (including phenoxy) is 1. The lowest BCUT2D eigenvalue weighted by atomic mass is 10.1. The van der Waals surface area contributed by atoms with Gasteiger partial charge in [0.05, 0.1) is 6.61 Å². The molecule has 1 aromatic carbocycles. The van der Waals surface area contributed by atoms with E-state index in [1.807, 2.05) is 13.0 Å². The van der Waals surface area contributed by atoms with Gasteiger partial charge in [0.2, 0.25) is 0 Å². The Morgan fingerprint density at radius 1 is 1.47 bits per heavy atom. The van der Waals surface area contributed by atoms with Gasteiger partial charge in [0.25, 0.3) is 0 Å². The normalized spacial score (nSPS) is 20.7. The molecule has 3 heteroatoms. The standard InChI is InChI=1S/C14H22N2O/c1-2-17-14-7-3-5-12(9-14)11-16-8-4-6-13(16)10-15/h3,5,7,9,13H,2,4,6,8,10-11,15H2,1H3. The fraction of sp³-hybridized carbons (Fsp3) is 0.571. The lowest BCUT2D eigenvalue weighted by molar-refractivity contribution is 0.249. The quantitative estimate of drug-likeness (QED) is 0.847. The van der Waals surface area contributed by atoms with Gasteiger partial charge in [0, 0.05) is 19.1 Å². The zero-order valence-corrected chi connectivity index (χ0v) is 10.6. The third-order valence-corrected chi connectivity index (χ3v) is 3.37. The van der Waals surface area contributed by atoms with Crippen molar-refractivity contribution in [1.29, 1.82) is 0 Å². The van der Waals surface area contributed by atoms with Crippen LogP contribution < -0.4 is 10.5 Å². The molecule has 0 radical (unpaired) electrons. The van der Waals surface area contributed by atoms with E-state index < -0.39 is 0 Å². The molecule has 0 amide bonds. The third-order valence-electron chi connectivity index (χ3n) is 3.37. The van der Waals surface area contributed by atoms with E-state index in [1.165, 1.54) is 24.9 Å². The van der Waals surface area contributed by atoms with Crippen LogP contribution >= 0.6 is 0 Å². The fourth-order valence-electron chi connectivity index (χ4n) is 2.51. The molecule has 0 aliphatic carbocycles. The first-order chi connectivity index (χ1) is 8.33. The minimum absolute atomic E-state index is 0.561. The lowest BCUT2D eigenvalue weighted by Crippen LogP contribution is -2.34. The number of hydrogen-bond donors (Lipinski definition) is 1. The predicted octanol–water partition coefficient (Wildman–Crippen LogP) is 2.01. The Hall–Kier alpha value is -1.06. The van der Waals surface area contributed by atoms with E-state index in [4.69, 9.17) is 10.5 Å². The van der Waals surface area contributed by atoms with Crippen molar-refractivity contribution in [2.24, 2.45) is 5.73 Å². The van der Waals surface area contributed by atoms with E-state index in [9.17, 15) is 0 Å². The van der Waals surface area contributed by atoms with E-state index in [2.05, 4.69) is 23.1 Å². The Morgan fingerprint density at radius 3 is 3.12 bits per heavy atom. The smallest absolute Gasteiger partial charge is 0.119 e. The number of likely N-dealkylation sites (tertiary alicyclic amines) is 1. The van der Waals surface area contributed by atoms with Crippen molar-refractivity contribution < 1.29 is 4.74 Å². The summed E-state index contributed by atoms with van der Waals surface area (Å²) in [5.74, 6) is 0.966. The highest BCUT2D eigenvalue weighted by atomic mass is 16.5. The number of nitrogens with zero attached hydrogens (tertiary/aromatic N) is 1. The topological polar surface area (TPSA) is 38.5 Å². The molecule has 0 bridgehead atoms. The second-order valence-electron chi connectivity index (χ2n) is 4.58. The van der Waals surface area contributed by atoms with Gasteiger partial charge in [-0.2, -0.15) is 0 Å². The molecule has 1 aliphatic heterocycles. The lowest BCUT2D eigenvalue weighted by Gasteiger charge is -2.23. The Balaban J connectivity index is 2.00. The van der Waals surface area contributed by atoms with Crippen LogP contribution in [0, 0.1) is 0 Å². The highest BCUT2D eigenvalue weighted by molar-refractivity contribution is 5.28. The maximum Gasteiger partial charge on any atom is 0.119 e. The average Bonchev–Trinajstić information content (AvgIpc) is 2.77. The molecule has 2 N–H and O–H groups in total. The molecule has 94 valence electrons. The van der Waals surface area contributed by atoms with Crippen molar-refractivity contribution in [1.82, 2.24) is 4.90 Å². The molecule has 1 atom stereocenters. The zero-order chi connectivity index (χ0) is 12.1. The second-order valence-corrected chi connectivity index (χ2v) is 4.58. The summed E-state index contributed by atoms with van der Waals surface area (Å²) < 4.78 is 5.52. The van der Waals surface area contributed by atoms with Crippen LogP contribution in [0.5, 0.6) is 5.75 Å². The molecule has 0 saturated carbocycles. The molecule has 1 fully saturated rings. The van der Waals surface area contributed by atoms with Crippen LogP contribution in [0.4, 0.5) is 0 Å². The predicted molar refractivity (Wildman–Crippen MR) is 70.1 cm³/mol. The Morgan fingerprint density at radius 2 is 2.35 bits per heavy atom. The Kier molecular flexibility index (Phi) is 4.40. The van der Waals surface area contributed by atoms with Crippen LogP contribution in [0.3, 0.4) is 0 Å². The van der Waals surface area contributed by atoms with E-state index >= 15 is 0 Å². The molecule has 2 rings (SSSR count). The van der Waals surface area contributed by atoms with Gasteiger partial charge < -0.3 is 10.5 Å². The van der Waals surface area contributed by atoms with Crippen LogP contribution in [-0.2, 0) is 6.54 Å². The van der Waals surface area contributed by atoms with Gasteiger partial charge in [0.15, 0.2) is 0 Å². The first-order valence-electron chi connectivity index (χ1n) is 6.49. The molecule has 1 unspecified atom stereocenters. The first-order valence-corrected chi connectivity index (χ1v) is 6.49. The van der Waals surface area contributed by atoms with E-state index in [-0.39, 0.29) is 0 Å². The van der Waals surface area contributed by atoms with Crippen molar-refractivity contribution in [3.63, 3.8) is 0 Å². The number of benzene rings is 1. The largest absolute Gasteiger partial charge is 0.494 e. The van der Waals surface area contributed by atoms with Gasteiger partial charge >= 0.3 is 0 Å². The van der Waals surface area contributed by atoms with Gasteiger partial charge in [-0.25, -0.2) is 0 Å². The summed E-state index contributed by atoms with van der Waals surface area (Å²) in [5, 5.41) is 0. The van der Waals surface area contributed by atoms with E-state index in [0.717, 1.165) is 25.4 Å². The maximum atomic E-state index is 5.79. The summed E-state index contributed by atoms with van der Waals surface area (Å²) >= 11 is 0. The van der Waals surface area contributed by atoms with Crippen LogP contribution in [0.1, 0.15) is 25.3 Å². The van der Waals surface area contributed by atoms with Crippen LogP contribution in [0.25, 0.3) is 0 Å². The van der Waals surface area contributed by atoms with Gasteiger partial charge in [-0.1, -0.05) is 12.1 Å². The molecule has 0 aromatic heterocycles. The Bertz CT molecular complexity index is 354. The number of rotatable bonds is 5. The monoisotopic (exact) mass is 234 g/mol. The summed E-state index contributed by atoms with van der Waals surface area (Å²) in [5.41, 5.74) is 7.11. The van der Waals surface area contributed by atoms with Gasteiger partial charge in [0.1, 0.15) is 5.75 Å². The molecule has 17 heavy (non-hydrogen) atoms. The molecule has 1 aliphatic rings. The number of hydrogen-bond acceptors (Lipinski definition) is 3. The summed E-state index contributed by atoms with van der Waals surface area (Å²) in [6.07, 6.45) is 2.51. The van der Waals surface area contributed by atoms with Crippen LogP contribution in [0.2, 0.25) is 0 Å². The van der Waals surface area contributed by atoms with E-state index in [0.29, 0.717) is 6.04 Å². The van der Waals surface area contributed by atoms with Crippen molar-refractivity contribution in [3.05, 3.63) is 29.8 Å².